The first kappa shape index (κ1) is 22.7. The molecule has 3 rings (SSSR count). The van der Waals surface area contributed by atoms with Gasteiger partial charge in [0, 0.05) is 10.0 Å². The van der Waals surface area contributed by atoms with Crippen molar-refractivity contribution in [3.8, 4) is 17.6 Å². The first-order valence-corrected chi connectivity index (χ1v) is 10.3. The Hall–Kier alpha value is -2.97. The van der Waals surface area contributed by atoms with E-state index in [9.17, 15) is 10.1 Å². The fourth-order valence-electron chi connectivity index (χ4n) is 2.64. The van der Waals surface area contributed by atoms with Crippen LogP contribution >= 0.6 is 34.8 Å². The van der Waals surface area contributed by atoms with Crippen molar-refractivity contribution in [2.75, 3.05) is 0 Å². The van der Waals surface area contributed by atoms with Gasteiger partial charge in [0.05, 0.1) is 16.7 Å². The summed E-state index contributed by atoms with van der Waals surface area (Å²) in [5, 5.41) is 10.8. The van der Waals surface area contributed by atoms with Crippen LogP contribution in [0.15, 0.2) is 66.7 Å². The summed E-state index contributed by atoms with van der Waals surface area (Å²) in [6, 6.07) is 20.7. The molecule has 0 amide bonds. The number of benzene rings is 3. The highest BCUT2D eigenvalue weighted by Crippen LogP contribution is 2.28. The van der Waals surface area contributed by atoms with E-state index < -0.39 is 12.1 Å². The van der Waals surface area contributed by atoms with Gasteiger partial charge in [0.1, 0.15) is 11.5 Å². The fraction of sp³-hybridized carbons (Fsp3) is 0.0833. The number of nitrogens with zero attached hydrogens (tertiary/aromatic N) is 1. The van der Waals surface area contributed by atoms with Crippen molar-refractivity contribution in [1.82, 2.24) is 0 Å². The van der Waals surface area contributed by atoms with Crippen LogP contribution in [-0.4, -0.2) is 12.1 Å². The van der Waals surface area contributed by atoms with E-state index >= 15 is 0 Å². The Kier molecular flexibility index (Phi) is 7.59. The van der Waals surface area contributed by atoms with Crippen LogP contribution in [0.25, 0.3) is 11.6 Å². The third-order valence-corrected chi connectivity index (χ3v) is 4.96. The number of esters is 1. The summed E-state index contributed by atoms with van der Waals surface area (Å²) < 4.78 is 10.9. The molecular formula is C24H16Cl3NO3. The number of rotatable bonds is 6. The van der Waals surface area contributed by atoms with Crippen LogP contribution in [0.3, 0.4) is 0 Å². The van der Waals surface area contributed by atoms with E-state index in [0.717, 1.165) is 11.1 Å². The topological polar surface area (TPSA) is 59.3 Å². The van der Waals surface area contributed by atoms with Gasteiger partial charge in [-0.25, -0.2) is 4.79 Å². The van der Waals surface area contributed by atoms with Gasteiger partial charge in [0.15, 0.2) is 6.10 Å². The van der Waals surface area contributed by atoms with Crippen molar-refractivity contribution in [3.63, 3.8) is 0 Å². The third-order valence-electron chi connectivity index (χ3n) is 4.20. The van der Waals surface area contributed by atoms with Crippen LogP contribution < -0.4 is 9.47 Å². The van der Waals surface area contributed by atoms with Crippen molar-refractivity contribution in [3.05, 3.63) is 92.9 Å². The summed E-state index contributed by atoms with van der Waals surface area (Å²) in [6.45, 7) is 1.56. The Morgan fingerprint density at radius 3 is 2.35 bits per heavy atom. The molecule has 0 heterocycles. The normalized spacial score (nSPS) is 12.0. The summed E-state index contributed by atoms with van der Waals surface area (Å²) in [6.07, 6.45) is 0.845. The molecule has 0 radical (unpaired) electrons. The summed E-state index contributed by atoms with van der Waals surface area (Å²) in [5.74, 6) is 0.105. The number of ether oxygens (including phenoxy) is 2. The van der Waals surface area contributed by atoms with Crippen LogP contribution in [-0.2, 0) is 4.79 Å². The Balaban J connectivity index is 1.67. The molecule has 0 bridgehead atoms. The van der Waals surface area contributed by atoms with Crippen molar-refractivity contribution in [2.24, 2.45) is 0 Å². The molecule has 1 atom stereocenters. The molecule has 0 aliphatic rings. The lowest BCUT2D eigenvalue weighted by molar-refractivity contribution is -0.141. The van der Waals surface area contributed by atoms with E-state index in [-0.39, 0.29) is 0 Å². The number of carbonyl (C=O) groups excluding carboxylic acids is 1. The molecule has 0 saturated heterocycles. The molecule has 0 N–H and O–H groups in total. The minimum Gasteiger partial charge on any atom is -0.477 e. The zero-order valence-electron chi connectivity index (χ0n) is 16.3. The van der Waals surface area contributed by atoms with Gasteiger partial charge in [-0.05, 0) is 66.6 Å². The second-order valence-electron chi connectivity index (χ2n) is 6.51. The van der Waals surface area contributed by atoms with Gasteiger partial charge in [0.25, 0.3) is 0 Å². The molecule has 3 aromatic rings. The van der Waals surface area contributed by atoms with Crippen LogP contribution in [0, 0.1) is 11.3 Å². The lowest BCUT2D eigenvalue weighted by Gasteiger charge is -2.15. The van der Waals surface area contributed by atoms with Crippen LogP contribution in [0.5, 0.6) is 11.5 Å². The smallest absolute Gasteiger partial charge is 0.352 e. The quantitative estimate of drug-likeness (QED) is 0.166. The highest BCUT2D eigenvalue weighted by Gasteiger charge is 2.18. The number of nitriles is 1. The average molecular weight is 473 g/mol. The maximum absolute atomic E-state index is 12.3. The van der Waals surface area contributed by atoms with Crippen LogP contribution in [0.2, 0.25) is 15.1 Å². The highest BCUT2D eigenvalue weighted by molar-refractivity contribution is 6.35. The molecule has 0 saturated carbocycles. The summed E-state index contributed by atoms with van der Waals surface area (Å²) >= 11 is 17.9. The van der Waals surface area contributed by atoms with Crippen molar-refractivity contribution >= 4 is 52.4 Å². The second kappa shape index (κ2) is 10.4. The molecule has 1 unspecified atom stereocenters. The fourth-order valence-corrected chi connectivity index (χ4v) is 3.29. The molecule has 7 heteroatoms. The lowest BCUT2D eigenvalue weighted by atomic mass is 10.0. The number of halogens is 3. The molecule has 4 nitrogen and oxygen atoms in total. The monoisotopic (exact) mass is 471 g/mol. The first-order chi connectivity index (χ1) is 14.9. The molecule has 0 aliphatic carbocycles. The maximum Gasteiger partial charge on any atom is 0.352 e. The molecular weight excluding hydrogens is 457 g/mol. The number of hydrogen-bond donors (Lipinski definition) is 0. The minimum atomic E-state index is -0.883. The molecule has 0 fully saturated rings. The largest absolute Gasteiger partial charge is 0.477 e. The van der Waals surface area contributed by atoms with E-state index in [1.54, 1.807) is 67.6 Å². The van der Waals surface area contributed by atoms with E-state index in [2.05, 4.69) is 6.07 Å². The SMILES string of the molecule is CC(Oc1ccc(Cl)cc1Cl)C(=O)Oc1ccc(/C=C(/C#N)c2cccc(Cl)c2)cc1. The predicted octanol–water partition coefficient (Wildman–Crippen LogP) is 7.08. The van der Waals surface area contributed by atoms with Crippen molar-refractivity contribution in [2.45, 2.75) is 13.0 Å². The zero-order chi connectivity index (χ0) is 22.4. The number of carbonyl (C=O) groups is 1. The number of allylic oxidation sites excluding steroid dienone is 1. The molecule has 0 aromatic heterocycles. The van der Waals surface area contributed by atoms with E-state index in [1.807, 2.05) is 6.07 Å². The average Bonchev–Trinajstić information content (AvgIpc) is 2.75. The zero-order valence-corrected chi connectivity index (χ0v) is 18.6. The van der Waals surface area contributed by atoms with Gasteiger partial charge >= 0.3 is 5.97 Å². The van der Waals surface area contributed by atoms with E-state index in [0.29, 0.717) is 32.1 Å². The van der Waals surface area contributed by atoms with Gasteiger partial charge < -0.3 is 9.47 Å². The Morgan fingerprint density at radius 1 is 1.00 bits per heavy atom. The van der Waals surface area contributed by atoms with Crippen LogP contribution in [0.1, 0.15) is 18.1 Å². The van der Waals surface area contributed by atoms with E-state index in [1.165, 1.54) is 6.07 Å². The van der Waals surface area contributed by atoms with Crippen molar-refractivity contribution in [1.29, 1.82) is 5.26 Å². The Labute approximate surface area is 195 Å². The van der Waals surface area contributed by atoms with Gasteiger partial charge in [-0.1, -0.05) is 59.1 Å². The Bertz CT molecular complexity index is 1170. The lowest BCUT2D eigenvalue weighted by Crippen LogP contribution is -2.28. The van der Waals surface area contributed by atoms with E-state index in [4.69, 9.17) is 44.3 Å². The molecule has 3 aromatic carbocycles. The standard InChI is InChI=1S/C24H16Cl3NO3/c1-15(30-23-10-7-20(26)13-22(23)27)24(29)31-21-8-5-16(6-9-21)11-18(14-28)17-3-2-4-19(25)12-17/h2-13,15H,1H3/b18-11-. The van der Waals surface area contributed by atoms with Gasteiger partial charge in [-0.2, -0.15) is 5.26 Å². The maximum atomic E-state index is 12.3. The molecule has 156 valence electrons. The van der Waals surface area contributed by atoms with Gasteiger partial charge in [-0.3, -0.25) is 0 Å². The second-order valence-corrected chi connectivity index (χ2v) is 7.79. The Morgan fingerprint density at radius 2 is 1.71 bits per heavy atom. The molecule has 0 aliphatic heterocycles. The van der Waals surface area contributed by atoms with Gasteiger partial charge in [-0.15, -0.1) is 0 Å². The summed E-state index contributed by atoms with van der Waals surface area (Å²) in [4.78, 5) is 12.3. The highest BCUT2D eigenvalue weighted by atomic mass is 35.5. The summed E-state index contributed by atoms with van der Waals surface area (Å²) in [5.41, 5.74) is 1.96. The third kappa shape index (κ3) is 6.26. The predicted molar refractivity (Wildman–Crippen MR) is 124 cm³/mol. The van der Waals surface area contributed by atoms with Crippen LogP contribution in [0.4, 0.5) is 0 Å². The number of hydrogen-bond acceptors (Lipinski definition) is 4. The molecule has 0 spiro atoms. The first-order valence-electron chi connectivity index (χ1n) is 9.17. The van der Waals surface area contributed by atoms with Gasteiger partial charge in [0.2, 0.25) is 0 Å². The van der Waals surface area contributed by atoms with Crippen molar-refractivity contribution < 1.29 is 14.3 Å². The molecule has 31 heavy (non-hydrogen) atoms. The summed E-state index contributed by atoms with van der Waals surface area (Å²) in [7, 11) is 0. The minimum absolute atomic E-state index is 0.302.